The molecule has 1 saturated carbocycles. The fourth-order valence-electron chi connectivity index (χ4n) is 4.32. The topological polar surface area (TPSA) is 63.5 Å². The van der Waals surface area contributed by atoms with Crippen LogP contribution in [-0.4, -0.2) is 46.0 Å². The largest absolute Gasteiger partial charge is 0.487 e. The molecule has 164 valence electrons. The molecule has 2 atom stereocenters. The highest BCUT2D eigenvalue weighted by Crippen LogP contribution is 2.45. The highest BCUT2D eigenvalue weighted by molar-refractivity contribution is 5.64. The van der Waals surface area contributed by atoms with Gasteiger partial charge in [-0.1, -0.05) is 6.07 Å². The van der Waals surface area contributed by atoms with E-state index in [2.05, 4.69) is 22.5 Å². The minimum Gasteiger partial charge on any atom is -0.487 e. The van der Waals surface area contributed by atoms with Crippen LogP contribution >= 0.6 is 0 Å². The number of halogens is 2. The van der Waals surface area contributed by atoms with Crippen molar-refractivity contribution in [2.75, 3.05) is 18.5 Å². The molecular formula is C23H27F2N5O. The van der Waals surface area contributed by atoms with Crippen molar-refractivity contribution in [1.29, 1.82) is 0 Å². The van der Waals surface area contributed by atoms with Crippen LogP contribution in [0.15, 0.2) is 36.7 Å². The fraction of sp³-hybridized carbons (Fsp3) is 0.478. The third-order valence-corrected chi connectivity index (χ3v) is 6.01. The first-order valence-electron chi connectivity index (χ1n) is 11.0. The summed E-state index contributed by atoms with van der Waals surface area (Å²) in [5, 5.41) is 7.03. The van der Waals surface area contributed by atoms with Crippen LogP contribution in [0.1, 0.15) is 44.1 Å². The van der Waals surface area contributed by atoms with Crippen molar-refractivity contribution >= 4 is 11.5 Å². The molecule has 8 heteroatoms. The van der Waals surface area contributed by atoms with E-state index in [1.54, 1.807) is 12.3 Å². The van der Waals surface area contributed by atoms with E-state index in [1.807, 2.05) is 28.8 Å². The SMILES string of the molecule is CC1CC(Nc2cccc(-c3cnc4cc(OCC(F)F)c(C5CC5)cn34)n2)CCN1. The Kier molecular flexibility index (Phi) is 5.48. The average Bonchev–Trinajstić information content (AvgIpc) is 3.51. The Morgan fingerprint density at radius 3 is 2.94 bits per heavy atom. The van der Waals surface area contributed by atoms with Gasteiger partial charge in [0.25, 0.3) is 6.43 Å². The quantitative estimate of drug-likeness (QED) is 0.583. The summed E-state index contributed by atoms with van der Waals surface area (Å²) in [6, 6.07) is 8.62. The first-order chi connectivity index (χ1) is 15.1. The normalized spacial score (nSPS) is 21.5. The third-order valence-electron chi connectivity index (χ3n) is 6.01. The Bertz CT molecular complexity index is 1070. The summed E-state index contributed by atoms with van der Waals surface area (Å²) in [4.78, 5) is 9.32. The number of pyridine rings is 2. The van der Waals surface area contributed by atoms with Gasteiger partial charge >= 0.3 is 0 Å². The zero-order valence-electron chi connectivity index (χ0n) is 17.5. The number of imidazole rings is 1. The lowest BCUT2D eigenvalue weighted by Gasteiger charge is -2.29. The number of piperidine rings is 1. The van der Waals surface area contributed by atoms with E-state index in [-0.39, 0.29) is 0 Å². The highest BCUT2D eigenvalue weighted by Gasteiger charge is 2.28. The number of hydrogen-bond donors (Lipinski definition) is 2. The standard InChI is InChI=1S/C23H27F2N5O/c1-14-9-16(7-8-26-14)28-22-4-2-3-18(29-22)19-11-27-23-10-20(31-13-21(24)25)17(12-30(19)23)15-5-6-15/h2-4,10-12,14-16,21,26H,5-9,13H2,1H3,(H,28,29). The second kappa shape index (κ2) is 8.42. The number of rotatable bonds is 7. The molecule has 2 unspecified atom stereocenters. The molecule has 0 radical (unpaired) electrons. The zero-order chi connectivity index (χ0) is 21.4. The van der Waals surface area contributed by atoms with E-state index < -0.39 is 13.0 Å². The van der Waals surface area contributed by atoms with Gasteiger partial charge in [-0.05, 0) is 57.2 Å². The molecule has 0 bridgehead atoms. The van der Waals surface area contributed by atoms with Crippen LogP contribution < -0.4 is 15.4 Å². The molecule has 6 nitrogen and oxygen atoms in total. The fourth-order valence-corrected chi connectivity index (χ4v) is 4.32. The monoisotopic (exact) mass is 427 g/mol. The summed E-state index contributed by atoms with van der Waals surface area (Å²) in [5.41, 5.74) is 3.32. The van der Waals surface area contributed by atoms with Gasteiger partial charge in [0.15, 0.2) is 0 Å². The Hall–Kier alpha value is -2.74. The maximum atomic E-state index is 12.7. The van der Waals surface area contributed by atoms with E-state index >= 15 is 0 Å². The molecule has 2 fully saturated rings. The summed E-state index contributed by atoms with van der Waals surface area (Å²) >= 11 is 0. The van der Waals surface area contributed by atoms with Gasteiger partial charge < -0.3 is 15.4 Å². The van der Waals surface area contributed by atoms with Crippen LogP contribution in [0.5, 0.6) is 5.75 Å². The smallest absolute Gasteiger partial charge is 0.272 e. The molecule has 5 rings (SSSR count). The number of fused-ring (bicyclic) bond motifs is 1. The van der Waals surface area contributed by atoms with Crippen LogP contribution in [0.3, 0.4) is 0 Å². The summed E-state index contributed by atoms with van der Waals surface area (Å²) < 4.78 is 32.7. The van der Waals surface area contributed by atoms with Crippen LogP contribution in [0.4, 0.5) is 14.6 Å². The second-order valence-electron chi connectivity index (χ2n) is 8.57. The summed E-state index contributed by atoms with van der Waals surface area (Å²) in [6.07, 6.45) is 5.49. The molecule has 1 aliphatic heterocycles. The molecule has 1 saturated heterocycles. The number of nitrogens with zero attached hydrogens (tertiary/aromatic N) is 3. The molecule has 0 spiro atoms. The van der Waals surface area contributed by atoms with Gasteiger partial charge in [0.2, 0.25) is 0 Å². The number of ether oxygens (including phenoxy) is 1. The molecule has 3 aromatic rings. The van der Waals surface area contributed by atoms with E-state index in [0.29, 0.717) is 29.4 Å². The van der Waals surface area contributed by atoms with Crippen LogP contribution in [-0.2, 0) is 0 Å². The second-order valence-corrected chi connectivity index (χ2v) is 8.57. The highest BCUT2D eigenvalue weighted by atomic mass is 19.3. The van der Waals surface area contributed by atoms with Crippen LogP contribution in [0, 0.1) is 0 Å². The number of anilines is 1. The van der Waals surface area contributed by atoms with Gasteiger partial charge in [0.05, 0.1) is 17.6 Å². The summed E-state index contributed by atoms with van der Waals surface area (Å²) in [6.45, 7) is 2.60. The van der Waals surface area contributed by atoms with Gasteiger partial charge in [0.1, 0.15) is 23.8 Å². The molecule has 0 amide bonds. The van der Waals surface area contributed by atoms with Gasteiger partial charge in [-0.2, -0.15) is 0 Å². The molecule has 31 heavy (non-hydrogen) atoms. The molecular weight excluding hydrogens is 400 g/mol. The number of alkyl halides is 2. The number of aromatic nitrogens is 3. The predicted molar refractivity (Wildman–Crippen MR) is 116 cm³/mol. The predicted octanol–water partition coefficient (Wildman–Crippen LogP) is 4.47. The van der Waals surface area contributed by atoms with E-state index in [4.69, 9.17) is 9.72 Å². The molecule has 4 heterocycles. The molecule has 0 aromatic carbocycles. The van der Waals surface area contributed by atoms with Crippen molar-refractivity contribution in [3.63, 3.8) is 0 Å². The lowest BCUT2D eigenvalue weighted by Crippen LogP contribution is -2.41. The molecule has 2 aliphatic rings. The van der Waals surface area contributed by atoms with E-state index in [1.165, 1.54) is 0 Å². The summed E-state index contributed by atoms with van der Waals surface area (Å²) in [5.74, 6) is 1.72. The Morgan fingerprint density at radius 2 is 2.16 bits per heavy atom. The van der Waals surface area contributed by atoms with Crippen molar-refractivity contribution in [1.82, 2.24) is 19.7 Å². The minimum atomic E-state index is -2.50. The average molecular weight is 427 g/mol. The van der Waals surface area contributed by atoms with Crippen molar-refractivity contribution in [3.8, 4) is 17.1 Å². The lowest BCUT2D eigenvalue weighted by molar-refractivity contribution is 0.0814. The van der Waals surface area contributed by atoms with Crippen molar-refractivity contribution in [2.45, 2.75) is 57.0 Å². The van der Waals surface area contributed by atoms with E-state index in [0.717, 1.165) is 55.0 Å². The Balaban J connectivity index is 1.44. The van der Waals surface area contributed by atoms with Gasteiger partial charge in [-0.15, -0.1) is 0 Å². The maximum absolute atomic E-state index is 12.7. The van der Waals surface area contributed by atoms with Crippen molar-refractivity contribution < 1.29 is 13.5 Å². The van der Waals surface area contributed by atoms with Crippen molar-refractivity contribution in [2.24, 2.45) is 0 Å². The molecule has 3 aromatic heterocycles. The zero-order valence-corrected chi connectivity index (χ0v) is 17.5. The van der Waals surface area contributed by atoms with Gasteiger partial charge in [-0.25, -0.2) is 18.7 Å². The maximum Gasteiger partial charge on any atom is 0.272 e. The number of nitrogens with one attached hydrogen (secondary N) is 2. The van der Waals surface area contributed by atoms with E-state index in [9.17, 15) is 8.78 Å². The molecule has 2 N–H and O–H groups in total. The summed E-state index contributed by atoms with van der Waals surface area (Å²) in [7, 11) is 0. The molecule has 1 aliphatic carbocycles. The third kappa shape index (κ3) is 4.49. The van der Waals surface area contributed by atoms with Gasteiger partial charge in [0, 0.05) is 29.9 Å². The first kappa shape index (κ1) is 20.2. The number of hydrogen-bond acceptors (Lipinski definition) is 5. The Labute approximate surface area is 180 Å². The first-order valence-corrected chi connectivity index (χ1v) is 11.0. The van der Waals surface area contributed by atoms with Crippen LogP contribution in [0.25, 0.3) is 17.0 Å². The van der Waals surface area contributed by atoms with Gasteiger partial charge in [-0.3, -0.25) is 4.40 Å². The van der Waals surface area contributed by atoms with Crippen LogP contribution in [0.2, 0.25) is 0 Å². The van der Waals surface area contributed by atoms with Crippen molar-refractivity contribution in [3.05, 3.63) is 42.2 Å². The Morgan fingerprint density at radius 1 is 1.29 bits per heavy atom. The minimum absolute atomic E-state index is 0.357. The lowest BCUT2D eigenvalue weighted by atomic mass is 10.0.